The molecule has 0 saturated heterocycles. The van der Waals surface area contributed by atoms with Gasteiger partial charge in [-0.3, -0.25) is 15.5 Å². The second-order valence-electron chi connectivity index (χ2n) is 5.49. The lowest BCUT2D eigenvalue weighted by Crippen LogP contribution is -2.36. The molecule has 0 aliphatic heterocycles. The van der Waals surface area contributed by atoms with E-state index in [4.69, 9.17) is 11.1 Å². The number of phenolic OH excluding ortho intramolecular Hbond substituents is 2. The normalized spacial score (nSPS) is 11.2. The summed E-state index contributed by atoms with van der Waals surface area (Å²) in [6.07, 6.45) is 1.68. The maximum absolute atomic E-state index is 11.9. The van der Waals surface area contributed by atoms with Crippen molar-refractivity contribution >= 4 is 17.9 Å². The van der Waals surface area contributed by atoms with Crippen molar-refractivity contribution < 1.29 is 15.0 Å². The average molecular weight is 325 g/mol. The van der Waals surface area contributed by atoms with Crippen molar-refractivity contribution in [1.29, 1.82) is 5.41 Å². The number of phenols is 2. The maximum atomic E-state index is 11.9. The Morgan fingerprint density at radius 3 is 2.50 bits per heavy atom. The Morgan fingerprint density at radius 1 is 1.17 bits per heavy atom. The fraction of sp³-hybridized carbons (Fsp3) is 0.111. The number of nitrogens with one attached hydrogen (secondary N) is 2. The zero-order valence-electron chi connectivity index (χ0n) is 13.4. The van der Waals surface area contributed by atoms with Crippen LogP contribution in [0.5, 0.6) is 11.5 Å². The van der Waals surface area contributed by atoms with E-state index in [1.807, 2.05) is 25.1 Å². The van der Waals surface area contributed by atoms with Crippen LogP contribution in [0.1, 0.15) is 18.1 Å². The van der Waals surface area contributed by atoms with Gasteiger partial charge in [-0.2, -0.15) is 0 Å². The van der Waals surface area contributed by atoms with Gasteiger partial charge in [-0.15, -0.1) is 0 Å². The molecule has 0 bridgehead atoms. The number of carbonyl (C=O) groups is 1. The minimum atomic E-state index is -0.456. The first-order valence-corrected chi connectivity index (χ1v) is 7.24. The van der Waals surface area contributed by atoms with Gasteiger partial charge in [-0.25, -0.2) is 0 Å². The Labute approximate surface area is 139 Å². The molecular weight excluding hydrogens is 306 g/mol. The van der Waals surface area contributed by atoms with E-state index < -0.39 is 11.9 Å². The largest absolute Gasteiger partial charge is 0.504 e. The summed E-state index contributed by atoms with van der Waals surface area (Å²) in [4.78, 5) is 11.9. The molecule has 0 aromatic heterocycles. The Bertz CT molecular complexity index is 841. The SMILES string of the molecule is C/C(=C\c1ccc(C)cc1-c1ccc(O)c(O)c1)C(=O)NC(=N)N. The summed E-state index contributed by atoms with van der Waals surface area (Å²) in [5, 5.41) is 28.5. The van der Waals surface area contributed by atoms with E-state index in [0.29, 0.717) is 11.1 Å². The highest BCUT2D eigenvalue weighted by molar-refractivity contribution is 6.06. The van der Waals surface area contributed by atoms with Gasteiger partial charge in [0, 0.05) is 5.57 Å². The monoisotopic (exact) mass is 325 g/mol. The molecule has 0 radical (unpaired) electrons. The van der Waals surface area contributed by atoms with Gasteiger partial charge in [0.15, 0.2) is 17.5 Å². The molecule has 6 heteroatoms. The molecule has 0 saturated carbocycles. The molecule has 0 aliphatic rings. The van der Waals surface area contributed by atoms with E-state index in [0.717, 1.165) is 16.7 Å². The van der Waals surface area contributed by atoms with Gasteiger partial charge in [0.1, 0.15) is 0 Å². The fourth-order valence-electron chi connectivity index (χ4n) is 2.26. The van der Waals surface area contributed by atoms with Crippen molar-refractivity contribution in [3.8, 4) is 22.6 Å². The number of carbonyl (C=O) groups excluding carboxylic acids is 1. The molecular formula is C18H19N3O3. The zero-order valence-corrected chi connectivity index (χ0v) is 13.4. The van der Waals surface area contributed by atoms with Crippen molar-refractivity contribution in [1.82, 2.24) is 5.32 Å². The van der Waals surface area contributed by atoms with Gasteiger partial charge in [-0.1, -0.05) is 29.8 Å². The lowest BCUT2D eigenvalue weighted by molar-refractivity contribution is -0.116. The number of aryl methyl sites for hydroxylation is 1. The molecule has 1 amide bonds. The number of aromatic hydroxyl groups is 2. The average Bonchev–Trinajstić information content (AvgIpc) is 2.51. The molecule has 0 fully saturated rings. The van der Waals surface area contributed by atoms with Crippen molar-refractivity contribution in [3.63, 3.8) is 0 Å². The summed E-state index contributed by atoms with van der Waals surface area (Å²) >= 11 is 0. The van der Waals surface area contributed by atoms with Crippen molar-refractivity contribution in [3.05, 3.63) is 53.1 Å². The first kappa shape index (κ1) is 17.1. The number of nitrogens with two attached hydrogens (primary N) is 1. The first-order chi connectivity index (χ1) is 11.3. The second-order valence-corrected chi connectivity index (χ2v) is 5.49. The molecule has 0 unspecified atom stereocenters. The topological polar surface area (TPSA) is 119 Å². The number of benzene rings is 2. The third-order valence-corrected chi connectivity index (χ3v) is 3.47. The lowest BCUT2D eigenvalue weighted by atomic mass is 9.96. The van der Waals surface area contributed by atoms with Crippen molar-refractivity contribution in [2.45, 2.75) is 13.8 Å². The van der Waals surface area contributed by atoms with E-state index >= 15 is 0 Å². The Hall–Kier alpha value is -3.28. The van der Waals surface area contributed by atoms with Gasteiger partial charge in [0.2, 0.25) is 0 Å². The summed E-state index contributed by atoms with van der Waals surface area (Å²) in [5.41, 5.74) is 8.85. The van der Waals surface area contributed by atoms with Crippen LogP contribution in [0.4, 0.5) is 0 Å². The molecule has 6 nitrogen and oxygen atoms in total. The van der Waals surface area contributed by atoms with Crippen LogP contribution < -0.4 is 11.1 Å². The quantitative estimate of drug-likeness (QED) is 0.258. The Kier molecular flexibility index (Phi) is 4.89. The van der Waals surface area contributed by atoms with Crippen molar-refractivity contribution in [2.24, 2.45) is 5.73 Å². The number of rotatable bonds is 3. The highest BCUT2D eigenvalue weighted by Gasteiger charge is 2.10. The summed E-state index contributed by atoms with van der Waals surface area (Å²) < 4.78 is 0. The summed E-state index contributed by atoms with van der Waals surface area (Å²) in [6.45, 7) is 3.56. The smallest absolute Gasteiger partial charge is 0.253 e. The third-order valence-electron chi connectivity index (χ3n) is 3.47. The minimum absolute atomic E-state index is 0.194. The van der Waals surface area contributed by atoms with E-state index in [1.165, 1.54) is 12.1 Å². The predicted octanol–water partition coefficient (Wildman–Crippen LogP) is 2.49. The van der Waals surface area contributed by atoms with E-state index in [9.17, 15) is 15.0 Å². The molecule has 2 aromatic carbocycles. The van der Waals surface area contributed by atoms with Gasteiger partial charge < -0.3 is 15.9 Å². The van der Waals surface area contributed by atoms with E-state index in [2.05, 4.69) is 5.32 Å². The van der Waals surface area contributed by atoms with Gasteiger partial charge in [-0.05, 0) is 48.7 Å². The van der Waals surface area contributed by atoms with Crippen LogP contribution in [0.15, 0.2) is 42.0 Å². The summed E-state index contributed by atoms with van der Waals surface area (Å²) in [7, 11) is 0. The van der Waals surface area contributed by atoms with E-state index in [1.54, 1.807) is 19.1 Å². The Balaban J connectivity index is 2.50. The number of guanidine groups is 1. The molecule has 0 atom stereocenters. The van der Waals surface area contributed by atoms with Crippen LogP contribution in [0.3, 0.4) is 0 Å². The minimum Gasteiger partial charge on any atom is -0.504 e. The molecule has 0 heterocycles. The van der Waals surface area contributed by atoms with Crippen molar-refractivity contribution in [2.75, 3.05) is 0 Å². The highest BCUT2D eigenvalue weighted by atomic mass is 16.3. The van der Waals surface area contributed by atoms with E-state index in [-0.39, 0.29) is 11.5 Å². The lowest BCUT2D eigenvalue weighted by Gasteiger charge is -2.10. The second kappa shape index (κ2) is 6.87. The van der Waals surface area contributed by atoms with Crippen LogP contribution >= 0.6 is 0 Å². The number of hydrogen-bond donors (Lipinski definition) is 5. The first-order valence-electron chi connectivity index (χ1n) is 7.24. The molecule has 24 heavy (non-hydrogen) atoms. The Morgan fingerprint density at radius 2 is 1.88 bits per heavy atom. The van der Waals surface area contributed by atoms with Crippen LogP contribution in [0.2, 0.25) is 0 Å². The number of amides is 1. The van der Waals surface area contributed by atoms with Crippen LogP contribution in [-0.4, -0.2) is 22.1 Å². The standard InChI is InChI=1S/C18H19N3O3/c1-10-3-4-12(8-11(2)17(24)21-18(19)20)14(7-10)13-5-6-15(22)16(23)9-13/h3-9,22-23H,1-2H3,(H4,19,20,21,24)/b11-8+. The van der Waals surface area contributed by atoms with Gasteiger partial charge in [0.05, 0.1) is 0 Å². The molecule has 2 aromatic rings. The van der Waals surface area contributed by atoms with Crippen LogP contribution in [0.25, 0.3) is 17.2 Å². The molecule has 0 spiro atoms. The summed E-state index contributed by atoms with van der Waals surface area (Å²) in [5.74, 6) is -1.28. The highest BCUT2D eigenvalue weighted by Crippen LogP contribution is 2.33. The van der Waals surface area contributed by atoms with Crippen LogP contribution in [-0.2, 0) is 4.79 Å². The molecule has 0 aliphatic carbocycles. The molecule has 124 valence electrons. The number of hydrogen-bond acceptors (Lipinski definition) is 4. The molecule has 2 rings (SSSR count). The third kappa shape index (κ3) is 3.92. The van der Waals surface area contributed by atoms with Gasteiger partial charge >= 0.3 is 0 Å². The van der Waals surface area contributed by atoms with Crippen LogP contribution in [0, 0.1) is 12.3 Å². The molecule has 6 N–H and O–H groups in total. The maximum Gasteiger partial charge on any atom is 0.253 e. The predicted molar refractivity (Wildman–Crippen MR) is 93.7 cm³/mol. The summed E-state index contributed by atoms with van der Waals surface area (Å²) in [6, 6.07) is 10.3. The van der Waals surface area contributed by atoms with Gasteiger partial charge in [0.25, 0.3) is 5.91 Å². The zero-order chi connectivity index (χ0) is 17.9. The fourth-order valence-corrected chi connectivity index (χ4v) is 2.26.